The molecule has 3 heteroatoms. The highest BCUT2D eigenvalue weighted by Gasteiger charge is 2.10. The smallest absolute Gasteiger partial charge is 0.130 e. The third-order valence-corrected chi connectivity index (χ3v) is 3.76. The average molecular weight is 271 g/mol. The van der Waals surface area contributed by atoms with E-state index in [-0.39, 0.29) is 5.82 Å². The molecule has 0 saturated carbocycles. The van der Waals surface area contributed by atoms with Gasteiger partial charge in [0.25, 0.3) is 0 Å². The lowest BCUT2D eigenvalue weighted by molar-refractivity contribution is 0.411. The highest BCUT2D eigenvalue weighted by Crippen LogP contribution is 2.25. The number of ether oxygens (including phenoxy) is 1. The number of hydrogen-bond donors (Lipinski definition) is 1. The molecule has 2 aromatic carbocycles. The topological polar surface area (TPSA) is 21.3 Å². The van der Waals surface area contributed by atoms with Crippen molar-refractivity contribution in [1.29, 1.82) is 0 Å². The molecule has 1 N–H and O–H groups in total. The Kier molecular flexibility index (Phi) is 3.59. The summed E-state index contributed by atoms with van der Waals surface area (Å²) in [5, 5.41) is 3.39. The zero-order valence-electron chi connectivity index (χ0n) is 11.6. The van der Waals surface area contributed by atoms with Crippen molar-refractivity contribution in [3.63, 3.8) is 0 Å². The van der Waals surface area contributed by atoms with Crippen molar-refractivity contribution in [2.45, 2.75) is 19.3 Å². The molecule has 104 valence electrons. The van der Waals surface area contributed by atoms with E-state index in [1.807, 2.05) is 0 Å². The Labute approximate surface area is 118 Å². The van der Waals surface area contributed by atoms with E-state index < -0.39 is 0 Å². The Balaban J connectivity index is 1.84. The van der Waals surface area contributed by atoms with Gasteiger partial charge in [0.2, 0.25) is 0 Å². The van der Waals surface area contributed by atoms with Gasteiger partial charge in [0.1, 0.15) is 11.6 Å². The number of halogens is 1. The molecule has 1 aliphatic heterocycles. The van der Waals surface area contributed by atoms with E-state index in [1.54, 1.807) is 19.2 Å². The molecule has 0 unspecified atom stereocenters. The molecule has 2 aromatic rings. The maximum Gasteiger partial charge on any atom is 0.130 e. The summed E-state index contributed by atoms with van der Waals surface area (Å²) in [6.07, 6.45) is 2.87. The predicted molar refractivity (Wildman–Crippen MR) is 79.0 cm³/mol. The molecular formula is C17H18FNO. The van der Waals surface area contributed by atoms with Crippen LogP contribution in [0.15, 0.2) is 36.4 Å². The summed E-state index contributed by atoms with van der Waals surface area (Å²) in [6, 6.07) is 11.4. The molecular weight excluding hydrogens is 253 g/mol. The summed E-state index contributed by atoms with van der Waals surface area (Å²) in [4.78, 5) is 0. The van der Waals surface area contributed by atoms with Crippen LogP contribution < -0.4 is 10.1 Å². The first-order chi connectivity index (χ1) is 9.76. The second-order valence-electron chi connectivity index (χ2n) is 5.16. The number of methoxy groups -OCH3 is 1. The van der Waals surface area contributed by atoms with Crippen molar-refractivity contribution in [3.05, 3.63) is 58.9 Å². The average Bonchev–Trinajstić information content (AvgIpc) is 2.49. The maximum absolute atomic E-state index is 14.0. The van der Waals surface area contributed by atoms with Crippen molar-refractivity contribution in [1.82, 2.24) is 0 Å². The van der Waals surface area contributed by atoms with Crippen molar-refractivity contribution in [2.24, 2.45) is 0 Å². The summed E-state index contributed by atoms with van der Waals surface area (Å²) in [7, 11) is 1.55. The number of anilines is 1. The second-order valence-corrected chi connectivity index (χ2v) is 5.16. The third kappa shape index (κ3) is 2.62. The number of benzene rings is 2. The molecule has 0 aliphatic carbocycles. The molecule has 1 aliphatic rings. The fraction of sp³-hybridized carbons (Fsp3) is 0.294. The van der Waals surface area contributed by atoms with Crippen LogP contribution in [0.2, 0.25) is 0 Å². The number of hydrogen-bond acceptors (Lipinski definition) is 2. The molecule has 0 spiro atoms. The molecule has 0 aromatic heterocycles. The quantitative estimate of drug-likeness (QED) is 0.917. The summed E-state index contributed by atoms with van der Waals surface area (Å²) in [6.45, 7) is 1.04. The van der Waals surface area contributed by atoms with E-state index in [0.29, 0.717) is 17.7 Å². The van der Waals surface area contributed by atoms with Crippen molar-refractivity contribution >= 4 is 5.69 Å². The molecule has 20 heavy (non-hydrogen) atoms. The van der Waals surface area contributed by atoms with Crippen LogP contribution >= 0.6 is 0 Å². The molecule has 0 amide bonds. The van der Waals surface area contributed by atoms with Gasteiger partial charge in [-0.2, -0.15) is 0 Å². The molecule has 0 atom stereocenters. The standard InChI is InChI=1S/C17H18FNO/c1-20-15-6-5-13(16(18)11-15)9-12-4-7-17-14(10-12)3-2-8-19-17/h4-7,10-11,19H,2-3,8-9H2,1H3. The van der Waals surface area contributed by atoms with Gasteiger partial charge >= 0.3 is 0 Å². The SMILES string of the molecule is COc1ccc(Cc2ccc3c(c2)CCCN3)c(F)c1. The number of nitrogens with one attached hydrogen (secondary N) is 1. The van der Waals surface area contributed by atoms with E-state index in [9.17, 15) is 4.39 Å². The Morgan fingerprint density at radius 2 is 2.10 bits per heavy atom. The van der Waals surface area contributed by atoms with Gasteiger partial charge in [-0.1, -0.05) is 18.2 Å². The van der Waals surface area contributed by atoms with E-state index in [1.165, 1.54) is 17.3 Å². The van der Waals surface area contributed by atoms with Gasteiger partial charge in [0, 0.05) is 24.7 Å². The second kappa shape index (κ2) is 5.53. The normalized spacial score (nSPS) is 13.5. The zero-order valence-corrected chi connectivity index (χ0v) is 11.6. The van der Waals surface area contributed by atoms with Gasteiger partial charge in [0.15, 0.2) is 0 Å². The van der Waals surface area contributed by atoms with Crippen LogP contribution in [0.3, 0.4) is 0 Å². The minimum Gasteiger partial charge on any atom is -0.497 e. The Morgan fingerprint density at radius 1 is 1.20 bits per heavy atom. The minimum absolute atomic E-state index is 0.208. The number of rotatable bonds is 3. The minimum atomic E-state index is -0.208. The van der Waals surface area contributed by atoms with E-state index in [2.05, 4.69) is 23.5 Å². The van der Waals surface area contributed by atoms with Crippen molar-refractivity contribution < 1.29 is 9.13 Å². The molecule has 0 bridgehead atoms. The van der Waals surface area contributed by atoms with Crippen LogP contribution in [-0.4, -0.2) is 13.7 Å². The van der Waals surface area contributed by atoms with Gasteiger partial charge in [-0.25, -0.2) is 4.39 Å². The lowest BCUT2D eigenvalue weighted by atomic mass is 9.97. The van der Waals surface area contributed by atoms with Crippen molar-refractivity contribution in [2.75, 3.05) is 19.0 Å². The van der Waals surface area contributed by atoms with Crippen LogP contribution in [0.1, 0.15) is 23.1 Å². The van der Waals surface area contributed by atoms with Crippen LogP contribution in [0.5, 0.6) is 5.75 Å². The van der Waals surface area contributed by atoms with Gasteiger partial charge in [-0.3, -0.25) is 0 Å². The summed E-state index contributed by atoms with van der Waals surface area (Å²) >= 11 is 0. The highest BCUT2D eigenvalue weighted by molar-refractivity contribution is 5.54. The zero-order chi connectivity index (χ0) is 13.9. The van der Waals surface area contributed by atoms with Crippen LogP contribution in [-0.2, 0) is 12.8 Å². The largest absolute Gasteiger partial charge is 0.497 e. The molecule has 0 saturated heterocycles. The maximum atomic E-state index is 14.0. The highest BCUT2D eigenvalue weighted by atomic mass is 19.1. The fourth-order valence-electron chi connectivity index (χ4n) is 2.66. The first-order valence-electron chi connectivity index (χ1n) is 6.94. The molecule has 3 rings (SSSR count). The van der Waals surface area contributed by atoms with Gasteiger partial charge in [0.05, 0.1) is 7.11 Å². The number of aryl methyl sites for hydroxylation is 1. The van der Waals surface area contributed by atoms with Crippen LogP contribution in [0.25, 0.3) is 0 Å². The Morgan fingerprint density at radius 3 is 2.90 bits per heavy atom. The molecule has 0 radical (unpaired) electrons. The van der Waals surface area contributed by atoms with Crippen LogP contribution in [0, 0.1) is 5.82 Å². The Bertz CT molecular complexity index is 624. The summed E-state index contributed by atoms with van der Waals surface area (Å²) < 4.78 is 19.0. The first-order valence-corrected chi connectivity index (χ1v) is 6.94. The number of fused-ring (bicyclic) bond motifs is 1. The van der Waals surface area contributed by atoms with Gasteiger partial charge in [-0.05, 0) is 41.7 Å². The third-order valence-electron chi connectivity index (χ3n) is 3.76. The summed E-state index contributed by atoms with van der Waals surface area (Å²) in [5.74, 6) is 0.348. The Hall–Kier alpha value is -2.03. The van der Waals surface area contributed by atoms with Crippen molar-refractivity contribution in [3.8, 4) is 5.75 Å². The molecule has 1 heterocycles. The van der Waals surface area contributed by atoms with E-state index in [4.69, 9.17) is 4.74 Å². The van der Waals surface area contributed by atoms with E-state index in [0.717, 1.165) is 24.9 Å². The molecule has 0 fully saturated rings. The van der Waals surface area contributed by atoms with Gasteiger partial charge < -0.3 is 10.1 Å². The lowest BCUT2D eigenvalue weighted by Crippen LogP contribution is -2.11. The fourth-order valence-corrected chi connectivity index (χ4v) is 2.66. The monoisotopic (exact) mass is 271 g/mol. The van der Waals surface area contributed by atoms with E-state index >= 15 is 0 Å². The summed E-state index contributed by atoms with van der Waals surface area (Å²) in [5.41, 5.74) is 4.41. The predicted octanol–water partition coefficient (Wildman–Crippen LogP) is 3.78. The lowest BCUT2D eigenvalue weighted by Gasteiger charge is -2.18. The van der Waals surface area contributed by atoms with Crippen LogP contribution in [0.4, 0.5) is 10.1 Å². The first kappa shape index (κ1) is 13.0. The molecule has 2 nitrogen and oxygen atoms in total. The van der Waals surface area contributed by atoms with Gasteiger partial charge in [-0.15, -0.1) is 0 Å².